The summed E-state index contributed by atoms with van der Waals surface area (Å²) in [7, 11) is 1.64. The van der Waals surface area contributed by atoms with Crippen molar-refractivity contribution in [1.29, 1.82) is 0 Å². The molecule has 2 aromatic rings. The highest BCUT2D eigenvalue weighted by atomic mass is 16.5. The van der Waals surface area contributed by atoms with Gasteiger partial charge in [-0.25, -0.2) is 0 Å². The molecule has 3 nitrogen and oxygen atoms in total. The Morgan fingerprint density at radius 2 is 1.76 bits per heavy atom. The number of methoxy groups -OCH3 is 1. The normalized spacial score (nSPS) is 18.6. The van der Waals surface area contributed by atoms with E-state index in [-0.39, 0.29) is 5.78 Å². The fourth-order valence-corrected chi connectivity index (χ4v) is 2.42. The molecule has 1 aliphatic carbocycles. The van der Waals surface area contributed by atoms with E-state index in [0.717, 1.165) is 41.1 Å². The lowest BCUT2D eigenvalue weighted by Crippen LogP contribution is -1.95. The molecular weight excluding hydrogens is 264 g/mol. The number of ether oxygens (including phenoxy) is 1. The lowest BCUT2D eigenvalue weighted by molar-refractivity contribution is -0.111. The summed E-state index contributed by atoms with van der Waals surface area (Å²) in [6.45, 7) is 0. The van der Waals surface area contributed by atoms with Crippen molar-refractivity contribution in [2.75, 3.05) is 7.11 Å². The van der Waals surface area contributed by atoms with Crippen LogP contribution in [-0.2, 0) is 4.79 Å². The molecule has 106 valence electrons. The molecule has 1 heterocycles. The van der Waals surface area contributed by atoms with Gasteiger partial charge in [-0.05, 0) is 54.8 Å². The van der Waals surface area contributed by atoms with Gasteiger partial charge in [0, 0.05) is 11.1 Å². The largest absolute Gasteiger partial charge is 0.497 e. The van der Waals surface area contributed by atoms with Gasteiger partial charge >= 0.3 is 0 Å². The van der Waals surface area contributed by atoms with Crippen LogP contribution in [0.2, 0.25) is 0 Å². The van der Waals surface area contributed by atoms with Crippen molar-refractivity contribution in [3.63, 3.8) is 0 Å². The number of carbonyl (C=O) groups is 1. The van der Waals surface area contributed by atoms with E-state index >= 15 is 0 Å². The lowest BCUT2D eigenvalue weighted by atomic mass is 10.1. The number of hydrogen-bond acceptors (Lipinski definition) is 3. The number of ketones is 1. The first-order valence-electron chi connectivity index (χ1n) is 6.89. The first kappa shape index (κ1) is 13.4. The molecule has 0 unspecified atom stereocenters. The van der Waals surface area contributed by atoms with Crippen molar-refractivity contribution in [3.05, 3.63) is 65.1 Å². The Morgan fingerprint density at radius 3 is 2.38 bits per heavy atom. The number of rotatable bonds is 3. The molecule has 0 amide bonds. The quantitative estimate of drug-likeness (QED) is 0.794. The minimum absolute atomic E-state index is 0.113. The second kappa shape index (κ2) is 5.83. The predicted octanol–water partition coefficient (Wildman–Crippen LogP) is 4.12. The van der Waals surface area contributed by atoms with E-state index in [1.165, 1.54) is 0 Å². The second-order valence-corrected chi connectivity index (χ2v) is 4.96. The Balaban J connectivity index is 1.81. The van der Waals surface area contributed by atoms with Crippen LogP contribution in [0.4, 0.5) is 0 Å². The maximum atomic E-state index is 12.4. The van der Waals surface area contributed by atoms with Crippen LogP contribution in [0, 0.1) is 0 Å². The summed E-state index contributed by atoms with van der Waals surface area (Å²) in [5.41, 5.74) is 2.67. The van der Waals surface area contributed by atoms with Gasteiger partial charge in [0.15, 0.2) is 5.78 Å². The third kappa shape index (κ3) is 2.97. The molecule has 1 aromatic carbocycles. The topological polar surface area (TPSA) is 39.4 Å². The molecule has 0 bridgehead atoms. The van der Waals surface area contributed by atoms with Gasteiger partial charge in [-0.15, -0.1) is 0 Å². The zero-order valence-electron chi connectivity index (χ0n) is 11.8. The van der Waals surface area contributed by atoms with Gasteiger partial charge in [-0.1, -0.05) is 12.1 Å². The monoisotopic (exact) mass is 280 g/mol. The van der Waals surface area contributed by atoms with Gasteiger partial charge in [0.2, 0.25) is 0 Å². The molecule has 0 N–H and O–H groups in total. The van der Waals surface area contributed by atoms with Crippen LogP contribution in [-0.4, -0.2) is 12.9 Å². The van der Waals surface area contributed by atoms with Gasteiger partial charge in [0.05, 0.1) is 13.4 Å². The van der Waals surface area contributed by atoms with E-state index in [4.69, 9.17) is 9.15 Å². The number of furan rings is 1. The van der Waals surface area contributed by atoms with Crippen molar-refractivity contribution in [3.8, 4) is 5.75 Å². The minimum atomic E-state index is 0.113. The van der Waals surface area contributed by atoms with Crippen molar-refractivity contribution >= 4 is 17.9 Å². The van der Waals surface area contributed by atoms with E-state index < -0.39 is 0 Å². The van der Waals surface area contributed by atoms with Gasteiger partial charge in [0.25, 0.3) is 0 Å². The SMILES string of the molecule is COc1ccc(C=C2CCC(=Cc3ccco3)C2=O)cc1. The molecule has 0 radical (unpaired) electrons. The second-order valence-electron chi connectivity index (χ2n) is 4.96. The summed E-state index contributed by atoms with van der Waals surface area (Å²) in [5.74, 6) is 1.65. The third-order valence-corrected chi connectivity index (χ3v) is 3.56. The molecule has 0 saturated heterocycles. The summed E-state index contributed by atoms with van der Waals surface area (Å²) in [6, 6.07) is 11.4. The molecule has 0 aliphatic heterocycles. The highest BCUT2D eigenvalue weighted by Gasteiger charge is 2.23. The van der Waals surface area contributed by atoms with Gasteiger partial charge in [-0.3, -0.25) is 4.79 Å². The Kier molecular flexibility index (Phi) is 3.73. The average Bonchev–Trinajstić information content (AvgIpc) is 3.13. The first-order chi connectivity index (χ1) is 10.3. The maximum Gasteiger partial charge on any atom is 0.185 e. The van der Waals surface area contributed by atoms with Crippen molar-refractivity contribution in [1.82, 2.24) is 0 Å². The molecule has 0 atom stereocenters. The zero-order valence-corrected chi connectivity index (χ0v) is 11.8. The lowest BCUT2D eigenvalue weighted by Gasteiger charge is -2.00. The predicted molar refractivity (Wildman–Crippen MR) is 81.9 cm³/mol. The molecule has 3 heteroatoms. The van der Waals surface area contributed by atoms with Gasteiger partial charge in [-0.2, -0.15) is 0 Å². The van der Waals surface area contributed by atoms with Crippen LogP contribution in [0.3, 0.4) is 0 Å². The smallest absolute Gasteiger partial charge is 0.185 e. The zero-order chi connectivity index (χ0) is 14.7. The Hall–Kier alpha value is -2.55. The van der Waals surface area contributed by atoms with Crippen LogP contribution < -0.4 is 4.74 Å². The van der Waals surface area contributed by atoms with Gasteiger partial charge < -0.3 is 9.15 Å². The van der Waals surface area contributed by atoms with Crippen LogP contribution in [0.1, 0.15) is 24.2 Å². The summed E-state index contributed by atoms with van der Waals surface area (Å²) >= 11 is 0. The highest BCUT2D eigenvalue weighted by Crippen LogP contribution is 2.29. The van der Waals surface area contributed by atoms with E-state index in [0.29, 0.717) is 0 Å². The highest BCUT2D eigenvalue weighted by molar-refractivity contribution is 6.15. The fourth-order valence-electron chi connectivity index (χ4n) is 2.42. The van der Waals surface area contributed by atoms with Gasteiger partial charge in [0.1, 0.15) is 11.5 Å². The molecule has 21 heavy (non-hydrogen) atoms. The Morgan fingerprint density at radius 1 is 1.05 bits per heavy atom. The molecule has 3 rings (SSSR count). The first-order valence-corrected chi connectivity index (χ1v) is 6.89. The minimum Gasteiger partial charge on any atom is -0.497 e. The summed E-state index contributed by atoms with van der Waals surface area (Å²) in [6.07, 6.45) is 6.93. The number of carbonyl (C=O) groups excluding carboxylic acids is 1. The van der Waals surface area contributed by atoms with E-state index in [2.05, 4.69) is 0 Å². The fraction of sp³-hybridized carbons (Fsp3) is 0.167. The number of hydrogen-bond donors (Lipinski definition) is 0. The summed E-state index contributed by atoms with van der Waals surface area (Å²) in [5, 5.41) is 0. The van der Waals surface area contributed by atoms with Crippen molar-refractivity contribution in [2.24, 2.45) is 0 Å². The third-order valence-electron chi connectivity index (χ3n) is 3.56. The average molecular weight is 280 g/mol. The Labute approximate surface area is 123 Å². The molecule has 0 spiro atoms. The molecule has 1 aromatic heterocycles. The summed E-state index contributed by atoms with van der Waals surface area (Å²) in [4.78, 5) is 12.4. The van der Waals surface area contributed by atoms with E-state index in [1.54, 1.807) is 13.4 Å². The number of allylic oxidation sites excluding steroid dienone is 2. The molecule has 1 fully saturated rings. The number of Topliss-reactive ketones (excluding diaryl/α,β-unsaturated/α-hetero) is 1. The summed E-state index contributed by atoms with van der Waals surface area (Å²) < 4.78 is 10.4. The van der Waals surface area contributed by atoms with E-state index in [1.807, 2.05) is 48.6 Å². The van der Waals surface area contributed by atoms with Crippen LogP contribution in [0.15, 0.2) is 58.2 Å². The van der Waals surface area contributed by atoms with Crippen LogP contribution in [0.25, 0.3) is 12.2 Å². The van der Waals surface area contributed by atoms with Crippen LogP contribution in [0.5, 0.6) is 5.75 Å². The Bertz CT molecular complexity index is 689. The van der Waals surface area contributed by atoms with Crippen molar-refractivity contribution in [2.45, 2.75) is 12.8 Å². The van der Waals surface area contributed by atoms with E-state index in [9.17, 15) is 4.79 Å². The number of benzene rings is 1. The molecule has 1 aliphatic rings. The standard InChI is InChI=1S/C18H16O3/c1-20-16-8-4-13(5-9-16)11-14-6-7-15(18(14)19)12-17-3-2-10-21-17/h2-5,8-12H,6-7H2,1H3. The van der Waals surface area contributed by atoms with Crippen molar-refractivity contribution < 1.29 is 13.9 Å². The molecule has 1 saturated carbocycles. The van der Waals surface area contributed by atoms with Crippen LogP contribution >= 0.6 is 0 Å². The maximum absolute atomic E-state index is 12.4. The molecular formula is C18H16O3.